The highest BCUT2D eigenvalue weighted by Crippen LogP contribution is 2.38. The Kier molecular flexibility index (Phi) is 4.81. The molecule has 19 heavy (non-hydrogen) atoms. The van der Waals surface area contributed by atoms with Gasteiger partial charge >= 0.3 is 0 Å². The quantitative estimate of drug-likeness (QED) is 0.672. The Labute approximate surface area is 119 Å². The van der Waals surface area contributed by atoms with E-state index in [1.165, 1.54) is 0 Å². The number of hydrogen-bond donors (Lipinski definition) is 0. The van der Waals surface area contributed by atoms with Crippen LogP contribution in [0.3, 0.4) is 0 Å². The maximum atomic E-state index is 12.6. The number of Topliss-reactive ketones (excluding diaryl/α,β-unsaturated/α-hetero) is 1. The van der Waals surface area contributed by atoms with E-state index in [9.17, 15) is 4.79 Å². The van der Waals surface area contributed by atoms with Crippen molar-refractivity contribution in [3.63, 3.8) is 0 Å². The maximum absolute atomic E-state index is 12.6. The van der Waals surface area contributed by atoms with Crippen LogP contribution in [0.1, 0.15) is 67.7 Å². The second-order valence-corrected chi connectivity index (χ2v) is 7.84. The first-order chi connectivity index (χ1) is 8.57. The molecule has 0 saturated heterocycles. The van der Waals surface area contributed by atoms with Crippen LogP contribution in [0.4, 0.5) is 0 Å². The Morgan fingerprint density at radius 2 is 1.68 bits per heavy atom. The molecular weight excluding hydrogens is 232 g/mol. The molecule has 0 aliphatic heterocycles. The van der Waals surface area contributed by atoms with Crippen molar-refractivity contribution >= 4 is 5.78 Å². The average Bonchev–Trinajstić information content (AvgIpc) is 2.24. The highest BCUT2D eigenvalue weighted by atomic mass is 16.1. The van der Waals surface area contributed by atoms with E-state index in [0.29, 0.717) is 5.92 Å². The molecule has 1 aliphatic carbocycles. The van der Waals surface area contributed by atoms with E-state index >= 15 is 0 Å². The molecule has 0 fully saturated rings. The first kappa shape index (κ1) is 16.2. The van der Waals surface area contributed by atoms with E-state index in [1.807, 2.05) is 0 Å². The molecule has 0 heterocycles. The number of ketones is 1. The summed E-state index contributed by atoms with van der Waals surface area (Å²) in [5, 5.41) is 0. The summed E-state index contributed by atoms with van der Waals surface area (Å²) in [6.45, 7) is 15.4. The van der Waals surface area contributed by atoms with Gasteiger partial charge in [0.15, 0.2) is 5.78 Å². The van der Waals surface area contributed by atoms with E-state index in [0.717, 1.165) is 30.4 Å². The summed E-state index contributed by atoms with van der Waals surface area (Å²) >= 11 is 0. The van der Waals surface area contributed by atoms with Gasteiger partial charge < -0.3 is 0 Å². The smallest absolute Gasteiger partial charge is 0.184 e. The average molecular weight is 262 g/mol. The zero-order chi connectivity index (χ0) is 14.8. The van der Waals surface area contributed by atoms with Crippen LogP contribution < -0.4 is 0 Å². The number of rotatable bonds is 3. The standard InChI is InChI=1S/C18H30O/c1-8-14(17(2,3)4)12-13-10-9-11-15(16(13)19)18(5,6)7/h10-11,14H,8-9,12H2,1-7H3. The topological polar surface area (TPSA) is 17.1 Å². The molecule has 0 aromatic carbocycles. The molecule has 1 atom stereocenters. The summed E-state index contributed by atoms with van der Waals surface area (Å²) in [5.74, 6) is 0.850. The van der Waals surface area contributed by atoms with Gasteiger partial charge in [-0.1, -0.05) is 67.0 Å². The molecule has 0 saturated carbocycles. The van der Waals surface area contributed by atoms with Crippen molar-refractivity contribution in [3.05, 3.63) is 23.3 Å². The van der Waals surface area contributed by atoms with E-state index in [2.05, 4.69) is 60.6 Å². The molecule has 0 N–H and O–H groups in total. The summed E-state index contributed by atoms with van der Waals surface area (Å²) in [4.78, 5) is 12.6. The van der Waals surface area contributed by atoms with Crippen LogP contribution in [0.2, 0.25) is 0 Å². The number of carbonyl (C=O) groups excluding carboxylic acids is 1. The third-order valence-electron chi connectivity index (χ3n) is 4.21. The minimum absolute atomic E-state index is 0.0416. The molecule has 0 radical (unpaired) electrons. The van der Waals surface area contributed by atoms with Gasteiger partial charge in [-0.15, -0.1) is 0 Å². The Balaban J connectivity index is 2.87. The molecular formula is C18H30O. The van der Waals surface area contributed by atoms with Crippen molar-refractivity contribution in [1.82, 2.24) is 0 Å². The zero-order valence-electron chi connectivity index (χ0n) is 13.8. The number of allylic oxidation sites excluding steroid dienone is 4. The lowest BCUT2D eigenvalue weighted by Gasteiger charge is -2.32. The lowest BCUT2D eigenvalue weighted by molar-refractivity contribution is -0.113. The van der Waals surface area contributed by atoms with Crippen LogP contribution in [-0.4, -0.2) is 5.78 Å². The number of carbonyl (C=O) groups is 1. The Bertz CT molecular complexity index is 396. The van der Waals surface area contributed by atoms with Gasteiger partial charge in [0.05, 0.1) is 0 Å². The highest BCUT2D eigenvalue weighted by molar-refractivity contribution is 6.09. The van der Waals surface area contributed by atoms with Gasteiger partial charge in [-0.05, 0) is 35.2 Å². The molecule has 0 amide bonds. The predicted octanol–water partition coefficient (Wildman–Crippen LogP) is 5.32. The highest BCUT2D eigenvalue weighted by Gasteiger charge is 2.31. The van der Waals surface area contributed by atoms with Gasteiger partial charge in [-0.25, -0.2) is 0 Å². The monoisotopic (exact) mass is 262 g/mol. The van der Waals surface area contributed by atoms with E-state index in [-0.39, 0.29) is 16.6 Å². The fourth-order valence-corrected chi connectivity index (χ4v) is 2.83. The minimum Gasteiger partial charge on any atom is -0.289 e. The van der Waals surface area contributed by atoms with Crippen molar-refractivity contribution in [2.24, 2.45) is 16.7 Å². The SMILES string of the molecule is CCC(CC1=CCC=C(C(C)(C)C)C1=O)C(C)(C)C. The Hall–Kier alpha value is -0.850. The van der Waals surface area contributed by atoms with Crippen LogP contribution in [0.5, 0.6) is 0 Å². The van der Waals surface area contributed by atoms with Gasteiger partial charge in [-0.3, -0.25) is 4.79 Å². The van der Waals surface area contributed by atoms with Crippen molar-refractivity contribution in [2.45, 2.75) is 67.7 Å². The molecule has 0 aromatic heterocycles. The zero-order valence-corrected chi connectivity index (χ0v) is 13.8. The van der Waals surface area contributed by atoms with E-state index in [4.69, 9.17) is 0 Å². The lowest BCUT2D eigenvalue weighted by atomic mass is 9.72. The van der Waals surface area contributed by atoms with Crippen molar-refractivity contribution in [2.75, 3.05) is 0 Å². The summed E-state index contributed by atoms with van der Waals surface area (Å²) in [7, 11) is 0. The van der Waals surface area contributed by atoms with Crippen LogP contribution in [0.25, 0.3) is 0 Å². The fraction of sp³-hybridized carbons (Fsp3) is 0.722. The maximum Gasteiger partial charge on any atom is 0.184 e. The molecule has 1 heteroatoms. The van der Waals surface area contributed by atoms with Gasteiger partial charge in [0.1, 0.15) is 0 Å². The molecule has 0 bridgehead atoms. The van der Waals surface area contributed by atoms with Crippen molar-refractivity contribution < 1.29 is 4.79 Å². The summed E-state index contributed by atoms with van der Waals surface area (Å²) in [6, 6.07) is 0. The third kappa shape index (κ3) is 4.06. The normalized spacial score (nSPS) is 19.0. The molecule has 1 unspecified atom stereocenters. The summed E-state index contributed by atoms with van der Waals surface area (Å²) < 4.78 is 0. The second-order valence-electron chi connectivity index (χ2n) is 7.84. The molecule has 1 rings (SSSR count). The minimum atomic E-state index is -0.0416. The van der Waals surface area contributed by atoms with Gasteiger partial charge in [0.2, 0.25) is 0 Å². The molecule has 1 aliphatic rings. The van der Waals surface area contributed by atoms with Gasteiger partial charge in [0.25, 0.3) is 0 Å². The van der Waals surface area contributed by atoms with Gasteiger partial charge in [0, 0.05) is 5.57 Å². The van der Waals surface area contributed by atoms with Crippen LogP contribution in [0, 0.1) is 16.7 Å². The van der Waals surface area contributed by atoms with Crippen molar-refractivity contribution in [3.8, 4) is 0 Å². The summed E-state index contributed by atoms with van der Waals surface area (Å²) in [6.07, 6.45) is 7.19. The van der Waals surface area contributed by atoms with Crippen LogP contribution in [0.15, 0.2) is 23.3 Å². The Morgan fingerprint density at radius 3 is 2.11 bits per heavy atom. The van der Waals surface area contributed by atoms with Crippen molar-refractivity contribution in [1.29, 1.82) is 0 Å². The first-order valence-corrected chi connectivity index (χ1v) is 7.51. The van der Waals surface area contributed by atoms with E-state index in [1.54, 1.807) is 0 Å². The molecule has 1 nitrogen and oxygen atoms in total. The van der Waals surface area contributed by atoms with Crippen LogP contribution in [-0.2, 0) is 4.79 Å². The fourth-order valence-electron chi connectivity index (χ4n) is 2.83. The predicted molar refractivity (Wildman–Crippen MR) is 83.1 cm³/mol. The largest absolute Gasteiger partial charge is 0.289 e. The lowest BCUT2D eigenvalue weighted by Crippen LogP contribution is -2.26. The van der Waals surface area contributed by atoms with Crippen LogP contribution >= 0.6 is 0 Å². The first-order valence-electron chi connectivity index (χ1n) is 7.51. The Morgan fingerprint density at radius 1 is 1.11 bits per heavy atom. The molecule has 108 valence electrons. The number of hydrogen-bond acceptors (Lipinski definition) is 1. The third-order valence-corrected chi connectivity index (χ3v) is 4.21. The summed E-state index contributed by atoms with van der Waals surface area (Å²) in [5.41, 5.74) is 2.25. The van der Waals surface area contributed by atoms with E-state index < -0.39 is 0 Å². The second kappa shape index (κ2) is 5.64. The molecule has 0 spiro atoms. The van der Waals surface area contributed by atoms with Gasteiger partial charge in [-0.2, -0.15) is 0 Å². The molecule has 0 aromatic rings.